The number of carbonyl (C=O) groups is 1. The number of amides is 1. The molecule has 0 spiro atoms. The van der Waals surface area contributed by atoms with E-state index in [1.54, 1.807) is 12.1 Å². The fourth-order valence-electron chi connectivity index (χ4n) is 2.18. The number of nitrogens with zero attached hydrogens (tertiary/aromatic N) is 2. The van der Waals surface area contributed by atoms with Crippen LogP contribution in [0.3, 0.4) is 0 Å². The van der Waals surface area contributed by atoms with Crippen molar-refractivity contribution in [2.75, 3.05) is 11.2 Å². The molecule has 24 heavy (non-hydrogen) atoms. The first kappa shape index (κ1) is 16.2. The molecule has 0 aliphatic carbocycles. The molecule has 0 saturated carbocycles. The first-order valence-corrected chi connectivity index (χ1v) is 8.15. The fraction of sp³-hybridized carbons (Fsp3) is 0.167. The zero-order chi connectivity index (χ0) is 16.8. The topological polar surface area (TPSA) is 68.0 Å². The molecule has 1 aromatic heterocycles. The van der Waals surface area contributed by atoms with E-state index < -0.39 is 0 Å². The molecule has 5 nitrogen and oxygen atoms in total. The monoisotopic (exact) mass is 341 g/mol. The lowest BCUT2D eigenvalue weighted by Crippen LogP contribution is -2.11. The second-order valence-electron chi connectivity index (χ2n) is 5.20. The van der Waals surface area contributed by atoms with E-state index in [0.29, 0.717) is 30.5 Å². The van der Waals surface area contributed by atoms with Crippen LogP contribution in [0.4, 0.5) is 5.69 Å². The lowest BCUT2D eigenvalue weighted by Gasteiger charge is -2.04. The summed E-state index contributed by atoms with van der Waals surface area (Å²) in [5.74, 6) is 1.35. The van der Waals surface area contributed by atoms with Gasteiger partial charge in [-0.25, -0.2) is 0 Å². The lowest BCUT2D eigenvalue weighted by molar-refractivity contribution is -0.116. The number of hydrogen-bond donors (Lipinski definition) is 1. The largest absolute Gasteiger partial charge is 0.416 e. The second kappa shape index (κ2) is 7.75. The molecule has 0 fully saturated rings. The maximum atomic E-state index is 11.7. The summed E-state index contributed by atoms with van der Waals surface area (Å²) >= 11 is 5.58. The predicted octanol–water partition coefficient (Wildman–Crippen LogP) is 4.36. The van der Waals surface area contributed by atoms with Crippen LogP contribution in [0.25, 0.3) is 22.9 Å². The molecule has 1 amide bonds. The summed E-state index contributed by atoms with van der Waals surface area (Å²) in [6.07, 6.45) is 1.07. The third-order valence-electron chi connectivity index (χ3n) is 3.40. The Balaban J connectivity index is 1.70. The molecule has 0 aliphatic heterocycles. The van der Waals surface area contributed by atoms with Gasteiger partial charge in [0.05, 0.1) is 0 Å². The summed E-state index contributed by atoms with van der Waals surface area (Å²) in [5, 5.41) is 11.0. The highest BCUT2D eigenvalue weighted by Gasteiger charge is 2.10. The molecule has 3 rings (SSSR count). The van der Waals surface area contributed by atoms with Crippen molar-refractivity contribution in [3.63, 3.8) is 0 Å². The summed E-state index contributed by atoms with van der Waals surface area (Å²) in [6, 6.07) is 16.9. The molecule has 122 valence electrons. The average molecular weight is 342 g/mol. The fourth-order valence-corrected chi connectivity index (χ4v) is 2.32. The molecule has 0 saturated heterocycles. The van der Waals surface area contributed by atoms with Gasteiger partial charge in [-0.05, 0) is 42.8 Å². The smallest absolute Gasteiger partial charge is 0.248 e. The van der Waals surface area contributed by atoms with E-state index in [1.165, 1.54) is 0 Å². The predicted molar refractivity (Wildman–Crippen MR) is 93.8 cm³/mol. The number of hydrogen-bond acceptors (Lipinski definition) is 4. The summed E-state index contributed by atoms with van der Waals surface area (Å²) in [7, 11) is 0. The van der Waals surface area contributed by atoms with Crippen molar-refractivity contribution >= 4 is 23.2 Å². The van der Waals surface area contributed by atoms with Crippen LogP contribution in [0.15, 0.2) is 59.0 Å². The van der Waals surface area contributed by atoms with Gasteiger partial charge >= 0.3 is 0 Å². The van der Waals surface area contributed by atoms with Gasteiger partial charge in [0.1, 0.15) is 0 Å². The molecular weight excluding hydrogens is 326 g/mol. The van der Waals surface area contributed by atoms with Crippen molar-refractivity contribution in [3.8, 4) is 22.9 Å². The number of anilines is 1. The Labute approximate surface area is 144 Å². The number of alkyl halides is 1. The normalized spacial score (nSPS) is 10.5. The van der Waals surface area contributed by atoms with E-state index in [0.717, 1.165) is 16.8 Å². The first-order valence-electron chi connectivity index (χ1n) is 7.61. The molecule has 3 aromatic rings. The minimum Gasteiger partial charge on any atom is -0.416 e. The van der Waals surface area contributed by atoms with Crippen LogP contribution in [0, 0.1) is 0 Å². The van der Waals surface area contributed by atoms with E-state index >= 15 is 0 Å². The number of benzene rings is 2. The van der Waals surface area contributed by atoms with E-state index in [-0.39, 0.29) is 5.91 Å². The van der Waals surface area contributed by atoms with Crippen molar-refractivity contribution in [2.45, 2.75) is 12.8 Å². The second-order valence-corrected chi connectivity index (χ2v) is 5.57. The SMILES string of the molecule is O=C(CCCCl)Nc1ccc(-c2nnc(-c3ccccc3)o2)cc1. The standard InChI is InChI=1S/C18H16ClN3O2/c19-12-4-7-16(23)20-15-10-8-14(9-11-15)18-22-21-17(24-18)13-5-2-1-3-6-13/h1-3,5-6,8-11H,4,7,12H2,(H,20,23). The van der Waals surface area contributed by atoms with Gasteiger partial charge in [-0.2, -0.15) is 0 Å². The maximum absolute atomic E-state index is 11.7. The summed E-state index contributed by atoms with van der Waals surface area (Å²) < 4.78 is 5.71. The molecule has 1 heterocycles. The number of rotatable bonds is 6. The Bertz CT molecular complexity index is 801. The maximum Gasteiger partial charge on any atom is 0.248 e. The van der Waals surface area contributed by atoms with Gasteiger partial charge < -0.3 is 9.73 Å². The van der Waals surface area contributed by atoms with Gasteiger partial charge in [0, 0.05) is 29.1 Å². The van der Waals surface area contributed by atoms with E-state index in [1.807, 2.05) is 42.5 Å². The third kappa shape index (κ3) is 4.00. The van der Waals surface area contributed by atoms with Crippen molar-refractivity contribution in [3.05, 3.63) is 54.6 Å². The van der Waals surface area contributed by atoms with Gasteiger partial charge in [-0.1, -0.05) is 18.2 Å². The molecule has 2 aromatic carbocycles. The first-order chi connectivity index (χ1) is 11.8. The minimum atomic E-state index is -0.0486. The number of halogens is 1. The Morgan fingerprint density at radius 2 is 1.58 bits per heavy atom. The van der Waals surface area contributed by atoms with Crippen LogP contribution >= 0.6 is 11.6 Å². The van der Waals surface area contributed by atoms with Crippen LogP contribution in [-0.2, 0) is 4.79 Å². The van der Waals surface area contributed by atoms with Gasteiger partial charge in [0.25, 0.3) is 0 Å². The van der Waals surface area contributed by atoms with Crippen molar-refractivity contribution < 1.29 is 9.21 Å². The molecule has 0 radical (unpaired) electrons. The van der Waals surface area contributed by atoms with Gasteiger partial charge in [-0.15, -0.1) is 21.8 Å². The molecule has 0 aliphatic rings. The number of nitrogens with one attached hydrogen (secondary N) is 1. The summed E-state index contributed by atoms with van der Waals surface area (Å²) in [4.78, 5) is 11.7. The molecular formula is C18H16ClN3O2. The third-order valence-corrected chi connectivity index (χ3v) is 3.67. The highest BCUT2D eigenvalue weighted by atomic mass is 35.5. The Hall–Kier alpha value is -2.66. The van der Waals surface area contributed by atoms with Gasteiger partial charge in [0.15, 0.2) is 0 Å². The Morgan fingerprint density at radius 1 is 0.958 bits per heavy atom. The molecule has 6 heteroatoms. The van der Waals surface area contributed by atoms with E-state index in [4.69, 9.17) is 16.0 Å². The van der Waals surface area contributed by atoms with Crippen molar-refractivity contribution in [1.82, 2.24) is 10.2 Å². The van der Waals surface area contributed by atoms with Crippen LogP contribution in [0.1, 0.15) is 12.8 Å². The molecule has 0 atom stereocenters. The Kier molecular flexibility index (Phi) is 5.23. The number of aromatic nitrogens is 2. The van der Waals surface area contributed by atoms with Crippen LogP contribution in [0.2, 0.25) is 0 Å². The van der Waals surface area contributed by atoms with Gasteiger partial charge in [0.2, 0.25) is 17.7 Å². The zero-order valence-corrected chi connectivity index (χ0v) is 13.7. The number of carbonyl (C=O) groups excluding carboxylic acids is 1. The van der Waals surface area contributed by atoms with Crippen molar-refractivity contribution in [2.24, 2.45) is 0 Å². The zero-order valence-electron chi connectivity index (χ0n) is 12.9. The highest BCUT2D eigenvalue weighted by Crippen LogP contribution is 2.24. The average Bonchev–Trinajstić information content (AvgIpc) is 3.11. The molecule has 1 N–H and O–H groups in total. The molecule has 0 bridgehead atoms. The van der Waals surface area contributed by atoms with Gasteiger partial charge in [-0.3, -0.25) is 4.79 Å². The van der Waals surface area contributed by atoms with Crippen LogP contribution < -0.4 is 5.32 Å². The molecule has 0 unspecified atom stereocenters. The van der Waals surface area contributed by atoms with Crippen LogP contribution in [0.5, 0.6) is 0 Å². The Morgan fingerprint density at radius 3 is 2.21 bits per heavy atom. The minimum absolute atomic E-state index is 0.0486. The van der Waals surface area contributed by atoms with Crippen LogP contribution in [-0.4, -0.2) is 22.0 Å². The van der Waals surface area contributed by atoms with E-state index in [9.17, 15) is 4.79 Å². The van der Waals surface area contributed by atoms with Crippen molar-refractivity contribution in [1.29, 1.82) is 0 Å². The highest BCUT2D eigenvalue weighted by molar-refractivity contribution is 6.18. The quantitative estimate of drug-likeness (QED) is 0.676. The summed E-state index contributed by atoms with van der Waals surface area (Å²) in [5.41, 5.74) is 2.39. The summed E-state index contributed by atoms with van der Waals surface area (Å²) in [6.45, 7) is 0. The lowest BCUT2D eigenvalue weighted by atomic mass is 10.2. The van der Waals surface area contributed by atoms with E-state index in [2.05, 4.69) is 15.5 Å².